The number of nitrogens with one attached hydrogen (secondary N) is 1. The number of methoxy groups -OCH3 is 1. The normalized spacial score (nSPS) is 10.0. The zero-order valence-corrected chi connectivity index (χ0v) is 24.4. The third kappa shape index (κ3) is 8.04. The van der Waals surface area contributed by atoms with Gasteiger partial charge in [0.2, 0.25) is 0 Å². The van der Waals surface area contributed by atoms with E-state index in [1.807, 2.05) is 13.8 Å². The largest absolute Gasteiger partial charge is 1.00 e. The molecule has 0 bridgehead atoms. The minimum atomic E-state index is -1.16. The second-order valence-electron chi connectivity index (χ2n) is 6.98. The van der Waals surface area contributed by atoms with Gasteiger partial charge in [-0.3, -0.25) is 20.2 Å². The standard InChI is InChI=1S/C13H19N3O4.C8H6Cl2O3.K.H/c1-5-10(6-2)14-12-11(15(17)18)7-8(3)9(4)13(12)16(19)20;1-13-7-5(10)3-2-4(9)6(7)8(11)12;;/h7,10,14H,5-6H2,1-4H3;2-3H,1H3,(H,11,12);;/q;;+1;-1. The van der Waals surface area contributed by atoms with Gasteiger partial charge in [0.15, 0.2) is 11.4 Å². The maximum atomic E-state index is 11.3. The maximum Gasteiger partial charge on any atom is 1.00 e. The predicted molar refractivity (Wildman–Crippen MR) is 128 cm³/mol. The van der Waals surface area contributed by atoms with Crippen molar-refractivity contribution in [1.29, 1.82) is 0 Å². The first-order valence-electron chi connectivity index (χ1n) is 9.85. The number of aromatic carboxylic acids is 1. The summed E-state index contributed by atoms with van der Waals surface area (Å²) in [5, 5.41) is 34.5. The van der Waals surface area contributed by atoms with Crippen molar-refractivity contribution < 1.29 is 77.3 Å². The molecule has 2 N–H and O–H groups in total. The van der Waals surface area contributed by atoms with Crippen molar-refractivity contribution in [2.75, 3.05) is 12.4 Å². The number of ether oxygens (including phenoxy) is 1. The van der Waals surface area contributed by atoms with E-state index >= 15 is 0 Å². The Morgan fingerprint density at radius 2 is 1.68 bits per heavy atom. The van der Waals surface area contributed by atoms with E-state index in [-0.39, 0.29) is 97.3 Å². The van der Waals surface area contributed by atoms with Crippen molar-refractivity contribution in [1.82, 2.24) is 0 Å². The molecule has 2 aromatic rings. The van der Waals surface area contributed by atoms with Gasteiger partial charge in [-0.05, 0) is 44.4 Å². The smallest absolute Gasteiger partial charge is 1.00 e. The number of halogens is 2. The number of carboxylic acids is 1. The van der Waals surface area contributed by atoms with Crippen LogP contribution in [0, 0.1) is 34.1 Å². The Hall–Kier alpha value is -1.47. The molecule has 10 nitrogen and oxygen atoms in total. The average Bonchev–Trinajstić information content (AvgIpc) is 2.75. The molecule has 0 aliphatic rings. The summed E-state index contributed by atoms with van der Waals surface area (Å²) in [6.07, 6.45) is 1.47. The van der Waals surface area contributed by atoms with Crippen molar-refractivity contribution in [3.63, 3.8) is 0 Å². The Kier molecular flexibility index (Phi) is 14.2. The maximum absolute atomic E-state index is 11.3. The fourth-order valence-electron chi connectivity index (χ4n) is 3.02. The minimum absolute atomic E-state index is 0. The number of nitro benzene ring substituents is 2. The SMILES string of the molecule is CCC(CC)Nc1c([N+](=O)[O-])cc(C)c(C)c1[N+](=O)[O-].COc1c(Cl)ccc(Cl)c1C(=O)O.[H-].[K+]. The topological polar surface area (TPSA) is 145 Å². The summed E-state index contributed by atoms with van der Waals surface area (Å²) in [5.74, 6) is -1.08. The van der Waals surface area contributed by atoms with Gasteiger partial charge < -0.3 is 16.6 Å². The van der Waals surface area contributed by atoms with E-state index in [9.17, 15) is 25.0 Å². The molecular formula is C21H26Cl2KN3O7. The van der Waals surface area contributed by atoms with Crippen molar-refractivity contribution in [2.24, 2.45) is 0 Å². The molecular weight excluding hydrogens is 516 g/mol. The third-order valence-corrected chi connectivity index (χ3v) is 5.60. The summed E-state index contributed by atoms with van der Waals surface area (Å²) in [6.45, 7) is 7.10. The van der Waals surface area contributed by atoms with E-state index in [1.54, 1.807) is 13.8 Å². The van der Waals surface area contributed by atoms with Gasteiger partial charge >= 0.3 is 63.0 Å². The molecule has 0 fully saturated rings. The van der Waals surface area contributed by atoms with Crippen LogP contribution in [-0.2, 0) is 0 Å². The van der Waals surface area contributed by atoms with E-state index in [0.717, 1.165) is 12.8 Å². The molecule has 0 heterocycles. The molecule has 0 aliphatic heterocycles. The number of anilines is 1. The molecule has 0 radical (unpaired) electrons. The number of aryl methyl sites for hydroxylation is 1. The fourth-order valence-corrected chi connectivity index (χ4v) is 3.49. The van der Waals surface area contributed by atoms with Gasteiger partial charge in [-0.1, -0.05) is 37.0 Å². The van der Waals surface area contributed by atoms with E-state index in [0.29, 0.717) is 11.1 Å². The number of nitrogens with zero attached hydrogens (tertiary/aromatic N) is 2. The minimum Gasteiger partial charge on any atom is -1.00 e. The van der Waals surface area contributed by atoms with Crippen molar-refractivity contribution in [2.45, 2.75) is 46.6 Å². The zero-order valence-electron chi connectivity index (χ0n) is 20.8. The Labute approximate surface area is 251 Å². The van der Waals surface area contributed by atoms with E-state index in [2.05, 4.69) is 5.32 Å². The number of nitro groups is 2. The van der Waals surface area contributed by atoms with Crippen LogP contribution in [0.4, 0.5) is 17.1 Å². The first kappa shape index (κ1) is 32.5. The van der Waals surface area contributed by atoms with Gasteiger partial charge in [0.05, 0.1) is 27.0 Å². The molecule has 2 aromatic carbocycles. The molecule has 0 atom stereocenters. The van der Waals surface area contributed by atoms with Crippen LogP contribution in [0.5, 0.6) is 5.75 Å². The quantitative estimate of drug-likeness (QED) is 0.293. The van der Waals surface area contributed by atoms with Gasteiger partial charge in [0.1, 0.15) is 5.56 Å². The molecule has 2 rings (SSSR count). The van der Waals surface area contributed by atoms with Crippen molar-refractivity contribution >= 4 is 46.2 Å². The number of carbonyl (C=O) groups is 1. The first-order valence-corrected chi connectivity index (χ1v) is 10.6. The van der Waals surface area contributed by atoms with Gasteiger partial charge in [0.25, 0.3) is 5.69 Å². The predicted octanol–water partition coefficient (Wildman–Crippen LogP) is 3.54. The van der Waals surface area contributed by atoms with Gasteiger partial charge in [0, 0.05) is 17.7 Å². The number of hydrogen-bond acceptors (Lipinski definition) is 7. The Morgan fingerprint density at radius 3 is 2.06 bits per heavy atom. The fraction of sp³-hybridized carbons (Fsp3) is 0.381. The Bertz CT molecular complexity index is 1070. The van der Waals surface area contributed by atoms with Gasteiger partial charge in [-0.25, -0.2) is 4.79 Å². The number of carboxylic acid groups (broad SMARTS) is 1. The van der Waals surface area contributed by atoms with Crippen LogP contribution in [0.15, 0.2) is 18.2 Å². The molecule has 34 heavy (non-hydrogen) atoms. The molecule has 0 spiro atoms. The summed E-state index contributed by atoms with van der Waals surface area (Å²) in [6, 6.07) is 4.24. The van der Waals surface area contributed by atoms with Crippen molar-refractivity contribution in [3.05, 3.63) is 65.2 Å². The summed E-state index contributed by atoms with van der Waals surface area (Å²) < 4.78 is 4.82. The molecule has 13 heteroatoms. The third-order valence-electron chi connectivity index (χ3n) is 4.98. The van der Waals surface area contributed by atoms with Crippen molar-refractivity contribution in [3.8, 4) is 5.75 Å². The molecule has 0 saturated heterocycles. The second kappa shape index (κ2) is 14.8. The van der Waals surface area contributed by atoms with Crippen LogP contribution in [0.25, 0.3) is 0 Å². The van der Waals surface area contributed by atoms with Gasteiger partial charge in [-0.2, -0.15) is 0 Å². The molecule has 0 unspecified atom stereocenters. The second-order valence-corrected chi connectivity index (χ2v) is 7.79. The first-order chi connectivity index (χ1) is 15.4. The van der Waals surface area contributed by atoms with E-state index in [1.165, 1.54) is 25.3 Å². The molecule has 0 amide bonds. The van der Waals surface area contributed by atoms with Crippen LogP contribution in [0.3, 0.4) is 0 Å². The van der Waals surface area contributed by atoms with E-state index < -0.39 is 15.8 Å². The van der Waals surface area contributed by atoms with Crippen LogP contribution in [0.2, 0.25) is 10.0 Å². The molecule has 0 saturated carbocycles. The number of benzene rings is 2. The Morgan fingerprint density at radius 1 is 1.15 bits per heavy atom. The summed E-state index contributed by atoms with van der Waals surface area (Å²) >= 11 is 11.4. The van der Waals surface area contributed by atoms with Crippen LogP contribution >= 0.6 is 23.2 Å². The molecule has 0 aromatic heterocycles. The molecule has 182 valence electrons. The Balaban J connectivity index is 0. The summed E-state index contributed by atoms with van der Waals surface area (Å²) in [5.41, 5.74) is 0.441. The van der Waals surface area contributed by atoms with Gasteiger partial charge in [-0.15, -0.1) is 0 Å². The average molecular weight is 542 g/mol. The van der Waals surface area contributed by atoms with Crippen LogP contribution in [-0.4, -0.2) is 34.1 Å². The molecule has 0 aliphatic carbocycles. The van der Waals surface area contributed by atoms with E-state index in [4.69, 9.17) is 33.0 Å². The number of hydrogen-bond donors (Lipinski definition) is 2. The number of rotatable bonds is 8. The summed E-state index contributed by atoms with van der Waals surface area (Å²) in [4.78, 5) is 32.0. The zero-order chi connectivity index (χ0) is 25.5. The van der Waals surface area contributed by atoms with Crippen LogP contribution in [0.1, 0.15) is 49.6 Å². The summed E-state index contributed by atoms with van der Waals surface area (Å²) in [7, 11) is 1.34. The monoisotopic (exact) mass is 541 g/mol. The van der Waals surface area contributed by atoms with Crippen LogP contribution < -0.4 is 61.4 Å².